The van der Waals surface area contributed by atoms with Gasteiger partial charge in [-0.2, -0.15) is 0 Å². The number of hydrogen-bond donors (Lipinski definition) is 2. The van der Waals surface area contributed by atoms with Gasteiger partial charge in [-0.05, 0) is 35.4 Å². The zero-order valence-corrected chi connectivity index (χ0v) is 14.6. The second-order valence-electron chi connectivity index (χ2n) is 5.77. The Hall–Kier alpha value is -3.42. The molecular formula is C19H19FN2O5. The van der Waals surface area contributed by atoms with E-state index in [0.29, 0.717) is 16.8 Å². The van der Waals surface area contributed by atoms with E-state index < -0.39 is 18.6 Å². The zero-order chi connectivity index (χ0) is 19.8. The molecule has 0 unspecified atom stereocenters. The molecule has 0 bridgehead atoms. The van der Waals surface area contributed by atoms with Crippen molar-refractivity contribution in [2.45, 2.75) is 13.0 Å². The Labute approximate surface area is 155 Å². The van der Waals surface area contributed by atoms with E-state index in [0.717, 1.165) is 4.90 Å². The molecule has 0 atom stereocenters. The lowest BCUT2D eigenvalue weighted by Gasteiger charge is -2.19. The summed E-state index contributed by atoms with van der Waals surface area (Å²) in [7, 11) is 1.18. The number of carboxylic acid groups (broad SMARTS) is 1. The highest BCUT2D eigenvalue weighted by atomic mass is 19.1. The Morgan fingerprint density at radius 1 is 1.04 bits per heavy atom. The normalized spacial score (nSPS) is 10.1. The van der Waals surface area contributed by atoms with Crippen molar-refractivity contribution in [3.63, 3.8) is 0 Å². The molecule has 0 aliphatic carbocycles. The van der Waals surface area contributed by atoms with Gasteiger partial charge in [0.05, 0.1) is 13.5 Å². The number of carboxylic acids is 1. The van der Waals surface area contributed by atoms with E-state index in [-0.39, 0.29) is 24.7 Å². The third kappa shape index (κ3) is 6.43. The standard InChI is InChI=1S/C19H19FN2O5/c1-27-19(26)22(12-18(24)25)11-14-4-8-16(9-5-14)21-17(23)10-13-2-6-15(20)7-3-13/h2-9H,10-12H2,1H3,(H,21,23)(H,24,25). The van der Waals surface area contributed by atoms with Gasteiger partial charge in [0.1, 0.15) is 12.4 Å². The first-order chi connectivity index (χ1) is 12.9. The number of anilines is 1. The lowest BCUT2D eigenvalue weighted by molar-refractivity contribution is -0.138. The van der Waals surface area contributed by atoms with Gasteiger partial charge in [0.15, 0.2) is 0 Å². The molecule has 0 aliphatic rings. The Bertz CT molecular complexity index is 806. The summed E-state index contributed by atoms with van der Waals surface area (Å²) in [6.07, 6.45) is -0.634. The van der Waals surface area contributed by atoms with E-state index in [1.165, 1.54) is 19.2 Å². The molecule has 0 saturated carbocycles. The number of aliphatic carboxylic acids is 1. The second-order valence-corrected chi connectivity index (χ2v) is 5.77. The summed E-state index contributed by atoms with van der Waals surface area (Å²) in [4.78, 5) is 35.6. The maximum Gasteiger partial charge on any atom is 0.410 e. The second kappa shape index (κ2) is 9.33. The van der Waals surface area contributed by atoms with Crippen LogP contribution in [0.25, 0.3) is 0 Å². The SMILES string of the molecule is COC(=O)N(CC(=O)O)Cc1ccc(NC(=O)Cc2ccc(F)cc2)cc1. The third-order valence-corrected chi connectivity index (χ3v) is 3.65. The van der Waals surface area contributed by atoms with Gasteiger partial charge in [-0.1, -0.05) is 24.3 Å². The molecule has 7 nitrogen and oxygen atoms in total. The Morgan fingerprint density at radius 3 is 2.19 bits per heavy atom. The van der Waals surface area contributed by atoms with Crippen LogP contribution in [0.15, 0.2) is 48.5 Å². The molecule has 2 rings (SSSR count). The lowest BCUT2D eigenvalue weighted by Crippen LogP contribution is -2.35. The van der Waals surface area contributed by atoms with Crippen molar-refractivity contribution in [2.75, 3.05) is 19.0 Å². The number of nitrogens with zero attached hydrogens (tertiary/aromatic N) is 1. The maximum absolute atomic E-state index is 12.9. The summed E-state index contributed by atoms with van der Waals surface area (Å²) >= 11 is 0. The number of carbonyl (C=O) groups is 3. The highest BCUT2D eigenvalue weighted by molar-refractivity contribution is 5.92. The smallest absolute Gasteiger partial charge is 0.410 e. The number of carbonyl (C=O) groups excluding carboxylic acids is 2. The van der Waals surface area contributed by atoms with Crippen molar-refractivity contribution in [1.29, 1.82) is 0 Å². The predicted molar refractivity (Wildman–Crippen MR) is 95.6 cm³/mol. The minimum Gasteiger partial charge on any atom is -0.480 e. The molecule has 0 aliphatic heterocycles. The van der Waals surface area contributed by atoms with Gasteiger partial charge in [-0.25, -0.2) is 9.18 Å². The number of benzene rings is 2. The van der Waals surface area contributed by atoms with Crippen molar-refractivity contribution >= 4 is 23.7 Å². The molecule has 0 aromatic heterocycles. The number of halogens is 1. The monoisotopic (exact) mass is 374 g/mol. The van der Waals surface area contributed by atoms with Gasteiger partial charge in [0.2, 0.25) is 5.91 Å². The quantitative estimate of drug-likeness (QED) is 0.777. The Kier molecular flexibility index (Phi) is 6.87. The highest BCUT2D eigenvalue weighted by Gasteiger charge is 2.17. The van der Waals surface area contributed by atoms with Crippen LogP contribution in [0.5, 0.6) is 0 Å². The lowest BCUT2D eigenvalue weighted by atomic mass is 10.1. The molecule has 2 N–H and O–H groups in total. The maximum atomic E-state index is 12.9. The number of rotatable bonds is 7. The van der Waals surface area contributed by atoms with E-state index in [1.807, 2.05) is 0 Å². The molecule has 0 radical (unpaired) electrons. The number of ether oxygens (including phenoxy) is 1. The Morgan fingerprint density at radius 2 is 1.63 bits per heavy atom. The summed E-state index contributed by atoms with van der Waals surface area (Å²) in [5.41, 5.74) is 1.92. The number of methoxy groups -OCH3 is 1. The number of hydrogen-bond acceptors (Lipinski definition) is 4. The summed E-state index contributed by atoms with van der Waals surface area (Å²) in [6.45, 7) is -0.425. The molecule has 0 fully saturated rings. The van der Waals surface area contributed by atoms with Gasteiger partial charge in [0.25, 0.3) is 0 Å². The van der Waals surface area contributed by atoms with E-state index in [1.54, 1.807) is 36.4 Å². The zero-order valence-electron chi connectivity index (χ0n) is 14.6. The van der Waals surface area contributed by atoms with Crippen molar-refractivity contribution in [3.05, 3.63) is 65.5 Å². The van der Waals surface area contributed by atoms with E-state index in [4.69, 9.17) is 5.11 Å². The molecular weight excluding hydrogens is 355 g/mol. The van der Waals surface area contributed by atoms with Crippen molar-refractivity contribution in [3.8, 4) is 0 Å². The average molecular weight is 374 g/mol. The van der Waals surface area contributed by atoms with Crippen LogP contribution in [-0.4, -0.2) is 41.6 Å². The Balaban J connectivity index is 1.95. The summed E-state index contributed by atoms with van der Waals surface area (Å²) < 4.78 is 17.4. The minimum atomic E-state index is -1.15. The first kappa shape index (κ1) is 19.9. The topological polar surface area (TPSA) is 95.9 Å². The predicted octanol–water partition coefficient (Wildman–Crippen LogP) is 2.66. The number of amides is 2. The van der Waals surface area contributed by atoms with Crippen molar-refractivity contribution < 1.29 is 28.6 Å². The first-order valence-corrected chi connectivity index (χ1v) is 8.05. The molecule has 8 heteroatoms. The van der Waals surface area contributed by atoms with Crippen LogP contribution in [-0.2, 0) is 27.3 Å². The van der Waals surface area contributed by atoms with Gasteiger partial charge >= 0.3 is 12.1 Å². The van der Waals surface area contributed by atoms with Gasteiger partial charge in [0, 0.05) is 12.2 Å². The van der Waals surface area contributed by atoms with Crippen LogP contribution in [0.1, 0.15) is 11.1 Å². The molecule has 2 amide bonds. The van der Waals surface area contributed by atoms with Gasteiger partial charge in [-0.3, -0.25) is 14.5 Å². The summed E-state index contributed by atoms with van der Waals surface area (Å²) in [5, 5.41) is 11.6. The minimum absolute atomic E-state index is 0.0583. The van der Waals surface area contributed by atoms with E-state index in [2.05, 4.69) is 10.1 Å². The van der Waals surface area contributed by atoms with Crippen LogP contribution < -0.4 is 5.32 Å². The van der Waals surface area contributed by atoms with Crippen LogP contribution in [0.3, 0.4) is 0 Å². The molecule has 0 spiro atoms. The fourth-order valence-electron chi connectivity index (χ4n) is 2.38. The first-order valence-electron chi connectivity index (χ1n) is 8.05. The van der Waals surface area contributed by atoms with Crippen molar-refractivity contribution in [1.82, 2.24) is 4.90 Å². The van der Waals surface area contributed by atoms with E-state index in [9.17, 15) is 18.8 Å². The van der Waals surface area contributed by atoms with E-state index >= 15 is 0 Å². The molecule has 2 aromatic rings. The average Bonchev–Trinajstić information content (AvgIpc) is 2.63. The fraction of sp³-hybridized carbons (Fsp3) is 0.211. The number of nitrogens with one attached hydrogen (secondary N) is 1. The van der Waals surface area contributed by atoms with Crippen LogP contribution in [0.4, 0.5) is 14.9 Å². The van der Waals surface area contributed by atoms with Crippen LogP contribution >= 0.6 is 0 Å². The summed E-state index contributed by atoms with van der Waals surface area (Å²) in [5.74, 6) is -1.76. The fourth-order valence-corrected chi connectivity index (χ4v) is 2.38. The molecule has 27 heavy (non-hydrogen) atoms. The molecule has 142 valence electrons. The molecule has 0 heterocycles. The van der Waals surface area contributed by atoms with Crippen LogP contribution in [0, 0.1) is 5.82 Å². The largest absolute Gasteiger partial charge is 0.480 e. The van der Waals surface area contributed by atoms with Crippen LogP contribution in [0.2, 0.25) is 0 Å². The third-order valence-electron chi connectivity index (χ3n) is 3.65. The summed E-state index contributed by atoms with van der Waals surface area (Å²) in [6, 6.07) is 12.3. The van der Waals surface area contributed by atoms with Gasteiger partial charge in [-0.15, -0.1) is 0 Å². The van der Waals surface area contributed by atoms with Gasteiger partial charge < -0.3 is 15.2 Å². The molecule has 2 aromatic carbocycles. The van der Waals surface area contributed by atoms with Crippen molar-refractivity contribution in [2.24, 2.45) is 0 Å². The molecule has 0 saturated heterocycles. The highest BCUT2D eigenvalue weighted by Crippen LogP contribution is 2.13.